The molecule has 1 aliphatic heterocycles. The van der Waals surface area contributed by atoms with Crippen molar-refractivity contribution < 1.29 is 4.21 Å². The smallest absolute Gasteiger partial charge is 0.292 e. The Kier molecular flexibility index (Phi) is 4.61. The summed E-state index contributed by atoms with van der Waals surface area (Å²) in [6.45, 7) is 0.110. The predicted molar refractivity (Wildman–Crippen MR) is 76.9 cm³/mol. The molecule has 0 aromatic carbocycles. The fourth-order valence-corrected chi connectivity index (χ4v) is 3.42. The highest BCUT2D eigenvalue weighted by Gasteiger charge is 2.20. The summed E-state index contributed by atoms with van der Waals surface area (Å²) in [6, 6.07) is 0.115. The number of terminal acetylenes is 1. The van der Waals surface area contributed by atoms with E-state index >= 15 is 0 Å². The van der Waals surface area contributed by atoms with E-state index in [4.69, 9.17) is 18.0 Å². The highest BCUT2D eigenvalue weighted by molar-refractivity contribution is 7.85. The van der Waals surface area contributed by atoms with Crippen molar-refractivity contribution in [2.75, 3.05) is 16.8 Å². The van der Waals surface area contributed by atoms with Gasteiger partial charge in [-0.25, -0.2) is 4.68 Å². The van der Waals surface area contributed by atoms with E-state index in [0.717, 1.165) is 12.8 Å². The molecule has 0 radical (unpaired) electrons. The zero-order valence-corrected chi connectivity index (χ0v) is 11.8. The fourth-order valence-electron chi connectivity index (χ4n) is 1.94. The van der Waals surface area contributed by atoms with Crippen molar-refractivity contribution in [1.82, 2.24) is 9.78 Å². The number of anilines is 1. The van der Waals surface area contributed by atoms with Crippen LogP contribution in [-0.2, 0) is 17.3 Å². The van der Waals surface area contributed by atoms with E-state index in [1.54, 1.807) is 0 Å². The molecule has 0 amide bonds. The van der Waals surface area contributed by atoms with Crippen LogP contribution in [0.4, 0.5) is 5.69 Å². The molecule has 5 nitrogen and oxygen atoms in total. The van der Waals surface area contributed by atoms with Crippen molar-refractivity contribution in [3.63, 3.8) is 0 Å². The van der Waals surface area contributed by atoms with Gasteiger partial charge in [-0.15, -0.1) is 6.42 Å². The molecule has 1 fully saturated rings. The summed E-state index contributed by atoms with van der Waals surface area (Å²) in [5.41, 5.74) is 0.00162. The fraction of sp³-hybridized carbons (Fsp3) is 0.500. The van der Waals surface area contributed by atoms with Gasteiger partial charge in [-0.3, -0.25) is 9.00 Å². The standard InChI is InChI=1S/C12H14ClN3O2S/c1-2-5-16-12(17)11(10(13)8-14-16)15-9-3-6-19(18)7-4-9/h1,8-9,15H,3-7H2. The maximum Gasteiger partial charge on any atom is 0.292 e. The minimum absolute atomic E-state index is 0.110. The quantitative estimate of drug-likeness (QED) is 0.841. The molecule has 0 atom stereocenters. The summed E-state index contributed by atoms with van der Waals surface area (Å²) in [7, 11) is -0.732. The molecule has 2 rings (SSSR count). The van der Waals surface area contributed by atoms with Crippen LogP contribution in [0.2, 0.25) is 5.02 Å². The van der Waals surface area contributed by atoms with Crippen molar-refractivity contribution in [3.05, 3.63) is 21.6 Å². The summed E-state index contributed by atoms with van der Waals surface area (Å²) in [4.78, 5) is 12.1. The van der Waals surface area contributed by atoms with Crippen LogP contribution in [0.25, 0.3) is 0 Å². The van der Waals surface area contributed by atoms with Crippen LogP contribution in [0.3, 0.4) is 0 Å². The molecule has 1 aromatic rings. The molecule has 7 heteroatoms. The molecule has 0 bridgehead atoms. The second kappa shape index (κ2) is 6.22. The Labute approximate surface area is 118 Å². The van der Waals surface area contributed by atoms with E-state index in [1.165, 1.54) is 10.9 Å². The van der Waals surface area contributed by atoms with E-state index in [9.17, 15) is 9.00 Å². The first-order valence-corrected chi connectivity index (χ1v) is 7.79. The summed E-state index contributed by atoms with van der Waals surface area (Å²) in [6.07, 6.45) is 8.11. The SMILES string of the molecule is C#CCn1ncc(Cl)c(NC2CCS(=O)CC2)c1=O. The number of rotatable bonds is 3. The molecule has 1 aromatic heterocycles. The molecule has 0 spiro atoms. The number of nitrogens with one attached hydrogen (secondary N) is 1. The highest BCUT2D eigenvalue weighted by atomic mass is 35.5. The van der Waals surface area contributed by atoms with Crippen LogP contribution in [0, 0.1) is 12.3 Å². The maximum absolute atomic E-state index is 12.1. The predicted octanol–water partition coefficient (Wildman–Crippen LogP) is 0.853. The van der Waals surface area contributed by atoms with Crippen LogP contribution in [0.5, 0.6) is 0 Å². The molecular formula is C12H14ClN3O2S. The van der Waals surface area contributed by atoms with Gasteiger partial charge < -0.3 is 5.32 Å². The molecule has 2 heterocycles. The van der Waals surface area contributed by atoms with Crippen molar-refractivity contribution in [2.24, 2.45) is 0 Å². The monoisotopic (exact) mass is 299 g/mol. The van der Waals surface area contributed by atoms with Gasteiger partial charge in [-0.1, -0.05) is 17.5 Å². The third kappa shape index (κ3) is 3.37. The molecule has 1 N–H and O–H groups in total. The Morgan fingerprint density at radius 1 is 1.58 bits per heavy atom. The van der Waals surface area contributed by atoms with Gasteiger partial charge in [-0.2, -0.15) is 5.10 Å². The lowest BCUT2D eigenvalue weighted by atomic mass is 10.1. The van der Waals surface area contributed by atoms with Gasteiger partial charge in [0.1, 0.15) is 12.2 Å². The first-order chi connectivity index (χ1) is 9.11. The molecule has 0 aliphatic carbocycles. The van der Waals surface area contributed by atoms with Gasteiger partial charge in [0.15, 0.2) is 0 Å². The number of nitrogens with zero attached hydrogens (tertiary/aromatic N) is 2. The Balaban J connectivity index is 2.20. The molecule has 0 saturated carbocycles. The van der Waals surface area contributed by atoms with Crippen molar-refractivity contribution >= 4 is 28.1 Å². The first kappa shape index (κ1) is 14.1. The number of aromatic nitrogens is 2. The van der Waals surface area contributed by atoms with E-state index in [0.29, 0.717) is 17.2 Å². The summed E-state index contributed by atoms with van der Waals surface area (Å²) in [5, 5.41) is 7.29. The van der Waals surface area contributed by atoms with E-state index < -0.39 is 10.8 Å². The van der Waals surface area contributed by atoms with Crippen molar-refractivity contribution in [1.29, 1.82) is 0 Å². The number of hydrogen-bond acceptors (Lipinski definition) is 4. The van der Waals surface area contributed by atoms with Crippen LogP contribution in [0.15, 0.2) is 11.0 Å². The van der Waals surface area contributed by atoms with Gasteiger partial charge in [0, 0.05) is 28.3 Å². The van der Waals surface area contributed by atoms with Gasteiger partial charge in [0.05, 0.1) is 11.2 Å². The molecule has 102 valence electrons. The van der Waals surface area contributed by atoms with Gasteiger partial charge in [0.2, 0.25) is 0 Å². The normalized spacial score (nSPS) is 22.7. The van der Waals surface area contributed by atoms with Crippen LogP contribution >= 0.6 is 11.6 Å². The van der Waals surface area contributed by atoms with Gasteiger partial charge in [0.25, 0.3) is 5.56 Å². The molecule has 1 aliphatic rings. The summed E-state index contributed by atoms with van der Waals surface area (Å²) < 4.78 is 12.5. The Morgan fingerprint density at radius 3 is 2.89 bits per heavy atom. The number of hydrogen-bond donors (Lipinski definition) is 1. The zero-order valence-electron chi connectivity index (χ0n) is 10.3. The average Bonchev–Trinajstić information content (AvgIpc) is 2.40. The lowest BCUT2D eigenvalue weighted by Crippen LogP contribution is -2.34. The summed E-state index contributed by atoms with van der Waals surface area (Å²) >= 11 is 6.00. The Bertz CT molecular complexity index is 584. The molecule has 1 saturated heterocycles. The minimum Gasteiger partial charge on any atom is -0.376 e. The van der Waals surface area contributed by atoms with Crippen LogP contribution in [-0.4, -0.2) is 31.5 Å². The molecule has 19 heavy (non-hydrogen) atoms. The topological polar surface area (TPSA) is 64.0 Å². The summed E-state index contributed by atoms with van der Waals surface area (Å²) in [5.74, 6) is 3.67. The minimum atomic E-state index is -0.732. The first-order valence-electron chi connectivity index (χ1n) is 5.92. The average molecular weight is 300 g/mol. The highest BCUT2D eigenvalue weighted by Crippen LogP contribution is 2.20. The van der Waals surface area contributed by atoms with E-state index in [2.05, 4.69) is 16.3 Å². The van der Waals surface area contributed by atoms with Gasteiger partial charge in [-0.05, 0) is 12.8 Å². The second-order valence-electron chi connectivity index (χ2n) is 4.30. The van der Waals surface area contributed by atoms with E-state index in [-0.39, 0.29) is 23.2 Å². The largest absolute Gasteiger partial charge is 0.376 e. The zero-order chi connectivity index (χ0) is 13.8. The second-order valence-corrected chi connectivity index (χ2v) is 6.40. The lowest BCUT2D eigenvalue weighted by molar-refractivity contribution is 0.617. The van der Waals surface area contributed by atoms with Crippen LogP contribution < -0.4 is 10.9 Å². The van der Waals surface area contributed by atoms with Gasteiger partial charge >= 0.3 is 0 Å². The molecular weight excluding hydrogens is 286 g/mol. The Hall–Kier alpha value is -1.32. The van der Waals surface area contributed by atoms with Crippen molar-refractivity contribution in [3.8, 4) is 12.3 Å². The van der Waals surface area contributed by atoms with Crippen molar-refractivity contribution in [2.45, 2.75) is 25.4 Å². The third-order valence-corrected chi connectivity index (χ3v) is 4.64. The number of halogens is 1. The lowest BCUT2D eigenvalue weighted by Gasteiger charge is -2.23. The Morgan fingerprint density at radius 2 is 2.26 bits per heavy atom. The van der Waals surface area contributed by atoms with Crippen LogP contribution in [0.1, 0.15) is 12.8 Å². The third-order valence-electron chi connectivity index (χ3n) is 2.98. The van der Waals surface area contributed by atoms with E-state index in [1.807, 2.05) is 0 Å². The maximum atomic E-state index is 12.1. The molecule has 0 unspecified atom stereocenters.